The zero-order valence-corrected chi connectivity index (χ0v) is 25.3. The lowest BCUT2D eigenvalue weighted by Crippen LogP contribution is -2.22. The van der Waals surface area contributed by atoms with Gasteiger partial charge in [0.2, 0.25) is 5.88 Å². The number of rotatable bonds is 10. The molecule has 0 aliphatic rings. The molecule has 2 aromatic heterocycles. The number of nitrogens with zero attached hydrogens (tertiary/aromatic N) is 4. The van der Waals surface area contributed by atoms with Gasteiger partial charge in [0.1, 0.15) is 24.8 Å². The monoisotopic (exact) mass is 669 g/mol. The summed E-state index contributed by atoms with van der Waals surface area (Å²) in [5, 5.41) is 4.34. The Morgan fingerprint density at radius 3 is 2.19 bits per heavy atom. The van der Waals surface area contributed by atoms with Crippen molar-refractivity contribution < 1.29 is 35.8 Å². The summed E-state index contributed by atoms with van der Waals surface area (Å²) in [7, 11) is -2.64. The number of sulfonamides is 1. The largest absolute Gasteiger partial charge is 0.573 e. The molecule has 4 rings (SSSR count). The van der Waals surface area contributed by atoms with Crippen LogP contribution in [0.1, 0.15) is 26.3 Å². The molecule has 224 valence electrons. The lowest BCUT2D eigenvalue weighted by atomic mass is 9.87. The molecule has 0 spiro atoms. The first kappa shape index (κ1) is 31.1. The molecule has 0 saturated carbocycles. The van der Waals surface area contributed by atoms with Crippen LogP contribution in [0.5, 0.6) is 17.6 Å². The molecule has 0 unspecified atom stereocenters. The van der Waals surface area contributed by atoms with E-state index in [0.717, 1.165) is 12.1 Å². The average molecular weight is 671 g/mol. The molecule has 10 nitrogen and oxygen atoms in total. The smallest absolute Gasteiger partial charge is 0.472 e. The Hall–Kier alpha value is -3.85. The third-order valence-corrected chi connectivity index (χ3v) is 7.56. The van der Waals surface area contributed by atoms with Gasteiger partial charge in [-0.15, -0.1) is 18.3 Å². The van der Waals surface area contributed by atoms with E-state index in [9.17, 15) is 21.6 Å². The summed E-state index contributed by atoms with van der Waals surface area (Å²) in [4.78, 5) is 8.09. The highest BCUT2D eigenvalue weighted by Crippen LogP contribution is 2.39. The predicted molar refractivity (Wildman–Crippen MR) is 152 cm³/mol. The zero-order valence-electron chi connectivity index (χ0n) is 22.9. The molecule has 2 aromatic carbocycles. The van der Waals surface area contributed by atoms with Gasteiger partial charge < -0.3 is 14.2 Å². The molecular weight excluding hydrogens is 643 g/mol. The van der Waals surface area contributed by atoms with E-state index in [1.54, 1.807) is 18.2 Å². The summed E-state index contributed by atoms with van der Waals surface area (Å²) >= 11 is 3.24. The highest BCUT2D eigenvalue weighted by molar-refractivity contribution is 9.10. The van der Waals surface area contributed by atoms with Crippen molar-refractivity contribution >= 4 is 31.8 Å². The third-order valence-electron chi connectivity index (χ3n) is 5.76. The van der Waals surface area contributed by atoms with Gasteiger partial charge in [-0.3, -0.25) is 4.72 Å². The van der Waals surface area contributed by atoms with Crippen LogP contribution in [0.4, 0.5) is 19.0 Å². The predicted octanol–water partition coefficient (Wildman–Crippen LogP) is 6.09. The number of halogens is 4. The molecular formula is C27H27BrF3N5O5S. The fourth-order valence-corrected chi connectivity index (χ4v) is 5.67. The quantitative estimate of drug-likeness (QED) is 0.202. The van der Waals surface area contributed by atoms with E-state index in [4.69, 9.17) is 9.47 Å². The van der Waals surface area contributed by atoms with E-state index in [1.807, 2.05) is 20.8 Å². The molecule has 0 atom stereocenters. The Morgan fingerprint density at radius 1 is 0.952 bits per heavy atom. The lowest BCUT2D eigenvalue weighted by Gasteiger charge is -2.23. The van der Waals surface area contributed by atoms with Gasteiger partial charge in [-0.1, -0.05) is 51.1 Å². The summed E-state index contributed by atoms with van der Waals surface area (Å²) < 4.78 is 85.4. The molecule has 0 fully saturated rings. The van der Waals surface area contributed by atoms with Crippen LogP contribution in [0, 0.1) is 0 Å². The zero-order chi connectivity index (χ0) is 30.7. The second-order valence-corrected chi connectivity index (χ2v) is 12.5. The van der Waals surface area contributed by atoms with Crippen molar-refractivity contribution in [2.75, 3.05) is 17.9 Å². The van der Waals surface area contributed by atoms with Gasteiger partial charge in [-0.05, 0) is 50.7 Å². The first-order valence-corrected chi connectivity index (χ1v) is 14.7. The van der Waals surface area contributed by atoms with Crippen LogP contribution in [-0.2, 0) is 22.5 Å². The van der Waals surface area contributed by atoms with Gasteiger partial charge in [0.15, 0.2) is 0 Å². The SMILES string of the molecule is Cn1nc(OCCOc2ncc(Br)cn2)c(-c2ccc(OC(F)(F)F)cc2)c1NS(=O)(=O)c1ccccc1C(C)(C)C. The fraction of sp³-hybridized carbons (Fsp3) is 0.296. The maximum absolute atomic E-state index is 13.7. The van der Waals surface area contributed by atoms with Gasteiger partial charge in [0.05, 0.1) is 14.9 Å². The Morgan fingerprint density at radius 2 is 1.57 bits per heavy atom. The van der Waals surface area contributed by atoms with E-state index in [0.29, 0.717) is 15.6 Å². The molecule has 15 heteroatoms. The van der Waals surface area contributed by atoms with Crippen molar-refractivity contribution in [3.05, 3.63) is 71.0 Å². The van der Waals surface area contributed by atoms with E-state index >= 15 is 0 Å². The number of benzene rings is 2. The van der Waals surface area contributed by atoms with Crippen molar-refractivity contribution in [2.24, 2.45) is 7.05 Å². The summed E-state index contributed by atoms with van der Waals surface area (Å²) in [5.41, 5.74) is 0.639. The second-order valence-electron chi connectivity index (χ2n) is 9.96. The fourth-order valence-electron chi connectivity index (χ4n) is 3.95. The van der Waals surface area contributed by atoms with Crippen LogP contribution >= 0.6 is 15.9 Å². The highest BCUT2D eigenvalue weighted by Gasteiger charge is 2.32. The van der Waals surface area contributed by atoms with Crippen molar-refractivity contribution in [1.29, 1.82) is 0 Å². The molecule has 1 N–H and O–H groups in total. The standard InChI is InChI=1S/C27H27BrF3N5O5S/c1-26(2,3)20-7-5-6-8-21(20)42(37,38)35-23-22(17-9-11-19(12-10-17)41-27(29,30)31)24(34-36(23)4)39-13-14-40-25-32-15-18(28)16-33-25/h5-12,15-16,35H,13-14H2,1-4H3. The molecule has 2 heterocycles. The Balaban J connectivity index is 1.68. The second kappa shape index (κ2) is 12.2. The maximum Gasteiger partial charge on any atom is 0.573 e. The van der Waals surface area contributed by atoms with Crippen LogP contribution in [0.15, 0.2) is 70.3 Å². The summed E-state index contributed by atoms with van der Waals surface area (Å²) in [6.45, 7) is 5.69. The molecule has 0 aliphatic heterocycles. The maximum atomic E-state index is 13.7. The van der Waals surface area contributed by atoms with Gasteiger partial charge in [0.25, 0.3) is 10.0 Å². The molecule has 0 bridgehead atoms. The summed E-state index contributed by atoms with van der Waals surface area (Å²) in [6.07, 6.45) is -1.84. The number of hydrogen-bond donors (Lipinski definition) is 1. The minimum absolute atomic E-state index is 0.0177. The van der Waals surface area contributed by atoms with Crippen LogP contribution in [0.25, 0.3) is 11.1 Å². The van der Waals surface area contributed by atoms with E-state index < -0.39 is 27.6 Å². The van der Waals surface area contributed by atoms with Gasteiger partial charge in [-0.2, -0.15) is 0 Å². The summed E-state index contributed by atoms with van der Waals surface area (Å²) in [6, 6.07) is 11.7. The van der Waals surface area contributed by atoms with Crippen molar-refractivity contribution in [3.8, 4) is 28.8 Å². The van der Waals surface area contributed by atoms with E-state index in [1.165, 1.54) is 42.3 Å². The number of nitrogens with one attached hydrogen (secondary N) is 1. The first-order chi connectivity index (χ1) is 19.6. The minimum atomic E-state index is -4.87. The van der Waals surface area contributed by atoms with Gasteiger partial charge in [-0.25, -0.2) is 23.1 Å². The number of anilines is 1. The normalized spacial score (nSPS) is 12.2. The Kier molecular flexibility index (Phi) is 9.01. The average Bonchev–Trinajstić information content (AvgIpc) is 3.20. The number of hydrogen-bond acceptors (Lipinski definition) is 8. The molecule has 42 heavy (non-hydrogen) atoms. The minimum Gasteiger partial charge on any atom is -0.472 e. The topological polar surface area (TPSA) is 117 Å². The van der Waals surface area contributed by atoms with Crippen LogP contribution in [0.2, 0.25) is 0 Å². The van der Waals surface area contributed by atoms with Crippen molar-refractivity contribution in [1.82, 2.24) is 19.7 Å². The molecule has 4 aromatic rings. The van der Waals surface area contributed by atoms with Crippen molar-refractivity contribution in [2.45, 2.75) is 37.4 Å². The van der Waals surface area contributed by atoms with Crippen LogP contribution in [0.3, 0.4) is 0 Å². The molecule has 0 aliphatic carbocycles. The van der Waals surface area contributed by atoms with Crippen molar-refractivity contribution in [3.63, 3.8) is 0 Å². The number of aryl methyl sites for hydroxylation is 1. The molecule has 0 saturated heterocycles. The Labute approximate surface area is 249 Å². The van der Waals surface area contributed by atoms with Crippen LogP contribution < -0.4 is 18.9 Å². The number of ether oxygens (including phenoxy) is 3. The van der Waals surface area contributed by atoms with E-state index in [-0.39, 0.29) is 41.4 Å². The van der Waals surface area contributed by atoms with Gasteiger partial charge in [0, 0.05) is 19.4 Å². The third kappa shape index (κ3) is 7.70. The lowest BCUT2D eigenvalue weighted by molar-refractivity contribution is -0.274. The number of alkyl halides is 3. The highest BCUT2D eigenvalue weighted by atomic mass is 79.9. The van der Waals surface area contributed by atoms with E-state index in [2.05, 4.69) is 40.5 Å². The van der Waals surface area contributed by atoms with Gasteiger partial charge >= 0.3 is 12.4 Å². The van der Waals surface area contributed by atoms with Crippen LogP contribution in [-0.4, -0.2) is 47.7 Å². The Bertz CT molecular complexity index is 1640. The first-order valence-electron chi connectivity index (χ1n) is 12.4. The molecule has 0 radical (unpaired) electrons. The number of aromatic nitrogens is 4. The summed E-state index contributed by atoms with van der Waals surface area (Å²) in [5.74, 6) is -0.388. The molecule has 0 amide bonds.